The molecule has 4 heteroatoms. The van der Waals surface area contributed by atoms with Gasteiger partial charge in [0.1, 0.15) is 0 Å². The Kier molecular flexibility index (Phi) is 7.98. The van der Waals surface area contributed by atoms with Crippen molar-refractivity contribution < 1.29 is 13.2 Å². The number of alkyl halides is 3. The van der Waals surface area contributed by atoms with Crippen molar-refractivity contribution in [2.75, 3.05) is 0 Å². The number of rotatable bonds is 4. The quantitative estimate of drug-likeness (QED) is 0.123. The summed E-state index contributed by atoms with van der Waals surface area (Å²) in [4.78, 5) is 0. The first-order valence-corrected chi connectivity index (χ1v) is 21.1. The van der Waals surface area contributed by atoms with Gasteiger partial charge in [0.25, 0.3) is 0 Å². The van der Waals surface area contributed by atoms with E-state index >= 15 is 0 Å². The Balaban J connectivity index is 1.14. The SMILES string of the molecule is Cc1ccc(-c2c3ccccc3c(-c3ccc4c(c3)[se]c3c(-c5c6ccccc6c(-c6ccc(C(F)(F)F)cc6)c6ccccc56)cccc34)c3ccccc23)cc1. The first kappa shape index (κ1) is 34.8. The molecule has 0 amide bonds. The molecule has 11 aromatic rings. The molecule has 1 aromatic heterocycles. The second-order valence-electron chi connectivity index (χ2n) is 15.1. The molecule has 11 rings (SSSR count). The first-order valence-electron chi connectivity index (χ1n) is 19.4. The van der Waals surface area contributed by atoms with Crippen molar-refractivity contribution in [3.8, 4) is 44.5 Å². The van der Waals surface area contributed by atoms with Gasteiger partial charge in [-0.25, -0.2) is 0 Å². The maximum atomic E-state index is 13.6. The zero-order valence-corrected chi connectivity index (χ0v) is 33.1. The van der Waals surface area contributed by atoms with Crippen molar-refractivity contribution in [2.45, 2.75) is 13.1 Å². The molecule has 1 heterocycles. The minimum atomic E-state index is -4.39. The van der Waals surface area contributed by atoms with Crippen molar-refractivity contribution in [1.29, 1.82) is 0 Å². The van der Waals surface area contributed by atoms with Crippen molar-refractivity contribution in [3.05, 3.63) is 193 Å². The molecule has 0 aliphatic rings. The Morgan fingerprint density at radius 2 is 0.759 bits per heavy atom. The van der Waals surface area contributed by atoms with E-state index in [4.69, 9.17) is 0 Å². The number of fused-ring (bicyclic) bond motifs is 7. The molecule has 58 heavy (non-hydrogen) atoms. The van der Waals surface area contributed by atoms with Crippen LogP contribution in [0.25, 0.3) is 107 Å². The summed E-state index contributed by atoms with van der Waals surface area (Å²) < 4.78 is 43.5. The maximum absolute atomic E-state index is 13.6. The number of halogens is 3. The molecule has 10 aromatic carbocycles. The third-order valence-corrected chi connectivity index (χ3v) is 14.3. The van der Waals surface area contributed by atoms with Crippen LogP contribution in [0, 0.1) is 6.92 Å². The zero-order chi connectivity index (χ0) is 39.1. The van der Waals surface area contributed by atoms with E-state index in [0.29, 0.717) is 0 Å². The second kappa shape index (κ2) is 13.3. The van der Waals surface area contributed by atoms with Gasteiger partial charge in [-0.15, -0.1) is 0 Å². The summed E-state index contributed by atoms with van der Waals surface area (Å²) >= 11 is 0.0129. The van der Waals surface area contributed by atoms with Crippen molar-refractivity contribution in [2.24, 2.45) is 0 Å². The predicted octanol–water partition coefficient (Wildman–Crippen LogP) is 15.7. The Hall–Kier alpha value is -6.45. The van der Waals surface area contributed by atoms with Gasteiger partial charge >= 0.3 is 341 Å². The van der Waals surface area contributed by atoms with E-state index in [1.165, 1.54) is 86.4 Å². The Morgan fingerprint density at radius 1 is 0.362 bits per heavy atom. The van der Waals surface area contributed by atoms with E-state index < -0.39 is 11.7 Å². The van der Waals surface area contributed by atoms with Crippen LogP contribution in [0.5, 0.6) is 0 Å². The molecule has 0 fully saturated rings. The van der Waals surface area contributed by atoms with E-state index in [9.17, 15) is 13.2 Å². The van der Waals surface area contributed by atoms with Crippen molar-refractivity contribution >= 4 is 76.9 Å². The van der Waals surface area contributed by atoms with E-state index in [0.717, 1.165) is 38.2 Å². The molecule has 0 spiro atoms. The van der Waals surface area contributed by atoms with Gasteiger partial charge in [-0.05, 0) is 0 Å². The zero-order valence-electron chi connectivity index (χ0n) is 31.4. The Bertz CT molecular complexity index is 3310. The van der Waals surface area contributed by atoms with Crippen LogP contribution in [0.1, 0.15) is 11.1 Å². The fraction of sp³-hybridized carbons (Fsp3) is 0.0370. The van der Waals surface area contributed by atoms with Gasteiger partial charge in [-0.2, -0.15) is 0 Å². The molecule has 0 aliphatic carbocycles. The molecule has 0 saturated carbocycles. The molecule has 0 aliphatic heterocycles. The summed E-state index contributed by atoms with van der Waals surface area (Å²) in [5.74, 6) is 0. The predicted molar refractivity (Wildman–Crippen MR) is 240 cm³/mol. The van der Waals surface area contributed by atoms with E-state index in [-0.39, 0.29) is 14.5 Å². The average molecular weight is 818 g/mol. The molecule has 0 bridgehead atoms. The van der Waals surface area contributed by atoms with Gasteiger partial charge < -0.3 is 0 Å². The van der Waals surface area contributed by atoms with Crippen LogP contribution in [0.15, 0.2) is 182 Å². The number of aryl methyl sites for hydroxylation is 1. The molecular weight excluding hydrogens is 785 g/mol. The minimum absolute atomic E-state index is 0.0129. The van der Waals surface area contributed by atoms with Crippen LogP contribution in [0.3, 0.4) is 0 Å². The third-order valence-electron chi connectivity index (χ3n) is 11.8. The van der Waals surface area contributed by atoms with Crippen LogP contribution in [0.2, 0.25) is 0 Å². The summed E-state index contributed by atoms with van der Waals surface area (Å²) in [7, 11) is 0. The number of hydrogen-bond donors (Lipinski definition) is 0. The van der Waals surface area contributed by atoms with Gasteiger partial charge in [0, 0.05) is 0 Å². The van der Waals surface area contributed by atoms with Gasteiger partial charge in [0.05, 0.1) is 0 Å². The van der Waals surface area contributed by atoms with Gasteiger partial charge in [-0.3, -0.25) is 0 Å². The second-order valence-corrected chi connectivity index (χ2v) is 17.3. The Morgan fingerprint density at radius 3 is 1.22 bits per heavy atom. The molecule has 0 radical (unpaired) electrons. The van der Waals surface area contributed by atoms with E-state index in [1.807, 2.05) is 12.1 Å². The fourth-order valence-corrected chi connectivity index (χ4v) is 11.8. The molecule has 0 nitrogen and oxygen atoms in total. The topological polar surface area (TPSA) is 0 Å². The standard InChI is InChI=1S/C54H33F3Se/c1-32-21-23-33(24-22-32)49-38-11-2-4-13-40(38)51(41-14-5-3-12-39(41)49)35-27-30-37-46-19-10-20-47(53(46)58-48(37)31-35)52-44-17-8-6-15-42(44)50(43-16-7-9-18-45(43)52)34-25-28-36(29-26-34)54(55,56)57/h2-31H,1H3. The fourth-order valence-electron chi connectivity index (χ4n) is 9.18. The van der Waals surface area contributed by atoms with Crippen LogP contribution >= 0.6 is 0 Å². The summed E-state index contributed by atoms with van der Waals surface area (Å²) in [5.41, 5.74) is 9.64. The summed E-state index contributed by atoms with van der Waals surface area (Å²) in [5, 5.41) is 11.7. The van der Waals surface area contributed by atoms with Crippen LogP contribution in [-0.4, -0.2) is 14.5 Å². The average Bonchev–Trinajstić information content (AvgIpc) is 3.63. The molecule has 0 saturated heterocycles. The number of hydrogen-bond acceptors (Lipinski definition) is 0. The molecule has 0 N–H and O–H groups in total. The van der Waals surface area contributed by atoms with Crippen molar-refractivity contribution in [3.63, 3.8) is 0 Å². The number of benzene rings is 10. The molecular formula is C54H33F3Se. The van der Waals surface area contributed by atoms with Crippen molar-refractivity contribution in [1.82, 2.24) is 0 Å². The van der Waals surface area contributed by atoms with E-state index in [2.05, 4.69) is 153 Å². The molecule has 0 atom stereocenters. The van der Waals surface area contributed by atoms with Gasteiger partial charge in [0.2, 0.25) is 0 Å². The van der Waals surface area contributed by atoms with E-state index in [1.54, 1.807) is 12.1 Å². The normalized spacial score (nSPS) is 12.1. The summed E-state index contributed by atoms with van der Waals surface area (Å²) in [6.07, 6.45) is -4.39. The molecule has 0 unspecified atom stereocenters. The van der Waals surface area contributed by atoms with Gasteiger partial charge in [-0.1, -0.05) is 0 Å². The third kappa shape index (κ3) is 5.44. The summed E-state index contributed by atoms with van der Waals surface area (Å²) in [6, 6.07) is 62.5. The first-order chi connectivity index (χ1) is 28.3. The summed E-state index contributed by atoms with van der Waals surface area (Å²) in [6.45, 7) is 2.13. The van der Waals surface area contributed by atoms with Crippen LogP contribution < -0.4 is 0 Å². The van der Waals surface area contributed by atoms with Crippen LogP contribution in [0.4, 0.5) is 13.2 Å². The molecule has 276 valence electrons. The monoisotopic (exact) mass is 818 g/mol. The Labute approximate surface area is 339 Å². The van der Waals surface area contributed by atoms with Gasteiger partial charge in [0.15, 0.2) is 0 Å². The van der Waals surface area contributed by atoms with Crippen LogP contribution in [-0.2, 0) is 6.18 Å².